The molecule has 138 valence electrons. The highest BCUT2D eigenvalue weighted by molar-refractivity contribution is 6.32. The summed E-state index contributed by atoms with van der Waals surface area (Å²) in [4.78, 5) is 27.3. The number of benzene rings is 1. The molecule has 1 fully saturated rings. The van der Waals surface area contributed by atoms with Crippen LogP contribution in [0.15, 0.2) is 18.2 Å². The van der Waals surface area contributed by atoms with Gasteiger partial charge in [0, 0.05) is 44.8 Å². The fourth-order valence-electron chi connectivity index (χ4n) is 2.60. The summed E-state index contributed by atoms with van der Waals surface area (Å²) in [6.07, 6.45) is 0.0657. The molecule has 1 aliphatic rings. The molecule has 1 aliphatic heterocycles. The van der Waals surface area contributed by atoms with Crippen molar-refractivity contribution in [3.8, 4) is 5.75 Å². The van der Waals surface area contributed by atoms with Crippen molar-refractivity contribution in [1.82, 2.24) is 9.80 Å². The molecule has 0 saturated carbocycles. The second-order valence-corrected chi connectivity index (χ2v) is 6.00. The monoisotopic (exact) mass is 369 g/mol. The predicted molar refractivity (Wildman–Crippen MR) is 96.3 cm³/mol. The Morgan fingerprint density at radius 1 is 1.20 bits per heavy atom. The Balaban J connectivity index is 1.72. The molecule has 0 spiro atoms. The van der Waals surface area contributed by atoms with Crippen molar-refractivity contribution in [2.24, 2.45) is 0 Å². The van der Waals surface area contributed by atoms with Crippen molar-refractivity contribution in [3.63, 3.8) is 0 Å². The Bertz CT molecular complexity index is 604. The number of carbonyl (C=O) groups is 2. The van der Waals surface area contributed by atoms with Crippen LogP contribution in [0.3, 0.4) is 0 Å². The molecule has 0 atom stereocenters. The fourth-order valence-corrected chi connectivity index (χ4v) is 2.86. The molecule has 0 radical (unpaired) electrons. The highest BCUT2D eigenvalue weighted by atomic mass is 35.5. The van der Waals surface area contributed by atoms with Crippen LogP contribution in [0, 0.1) is 0 Å². The van der Waals surface area contributed by atoms with Gasteiger partial charge in [0.25, 0.3) is 0 Å². The summed E-state index contributed by atoms with van der Waals surface area (Å²) in [7, 11) is 1.56. The number of anilines is 1. The average Bonchev–Trinajstić information content (AvgIpc) is 2.62. The van der Waals surface area contributed by atoms with Crippen molar-refractivity contribution >= 4 is 29.3 Å². The van der Waals surface area contributed by atoms with Gasteiger partial charge < -0.3 is 24.6 Å². The van der Waals surface area contributed by atoms with E-state index in [0.717, 1.165) is 5.69 Å². The molecule has 1 heterocycles. The zero-order chi connectivity index (χ0) is 18.2. The first-order chi connectivity index (χ1) is 12.0. The Morgan fingerprint density at radius 3 is 2.48 bits per heavy atom. The van der Waals surface area contributed by atoms with Gasteiger partial charge in [-0.15, -0.1) is 0 Å². The zero-order valence-electron chi connectivity index (χ0n) is 14.6. The maximum absolute atomic E-state index is 12.3. The molecule has 2 amide bonds. The van der Waals surface area contributed by atoms with Gasteiger partial charge in [-0.2, -0.15) is 0 Å². The molecule has 25 heavy (non-hydrogen) atoms. The van der Waals surface area contributed by atoms with Crippen LogP contribution in [0.25, 0.3) is 0 Å². The molecule has 2 rings (SSSR count). The third-order valence-corrected chi connectivity index (χ3v) is 4.27. The predicted octanol–water partition coefficient (Wildman–Crippen LogP) is 2.45. The lowest BCUT2D eigenvalue weighted by atomic mass is 10.2. The Hall–Kier alpha value is -2.15. The maximum atomic E-state index is 12.3. The number of hydrogen-bond acceptors (Lipinski definition) is 5. The van der Waals surface area contributed by atoms with Crippen LogP contribution in [-0.2, 0) is 9.53 Å². The van der Waals surface area contributed by atoms with Crippen molar-refractivity contribution in [1.29, 1.82) is 0 Å². The first-order valence-electron chi connectivity index (χ1n) is 8.32. The van der Waals surface area contributed by atoms with Gasteiger partial charge in [0.1, 0.15) is 5.75 Å². The molecular weight excluding hydrogens is 346 g/mol. The van der Waals surface area contributed by atoms with E-state index in [1.807, 2.05) is 6.07 Å². The lowest BCUT2D eigenvalue weighted by Crippen LogP contribution is -2.50. The molecule has 1 N–H and O–H groups in total. The van der Waals surface area contributed by atoms with E-state index in [4.69, 9.17) is 21.1 Å². The van der Waals surface area contributed by atoms with Crippen molar-refractivity contribution in [2.45, 2.75) is 13.3 Å². The van der Waals surface area contributed by atoms with E-state index >= 15 is 0 Å². The lowest BCUT2D eigenvalue weighted by Gasteiger charge is -2.34. The minimum absolute atomic E-state index is 0.0654. The molecule has 1 aromatic rings. The van der Waals surface area contributed by atoms with Gasteiger partial charge in [-0.1, -0.05) is 11.6 Å². The van der Waals surface area contributed by atoms with Crippen molar-refractivity contribution in [3.05, 3.63) is 23.2 Å². The summed E-state index contributed by atoms with van der Waals surface area (Å²) in [6, 6.07) is 5.40. The van der Waals surface area contributed by atoms with E-state index in [0.29, 0.717) is 56.5 Å². The minimum atomic E-state index is -0.312. The van der Waals surface area contributed by atoms with Gasteiger partial charge in [0.05, 0.1) is 18.7 Å². The summed E-state index contributed by atoms with van der Waals surface area (Å²) in [6.45, 7) is 4.73. The van der Waals surface area contributed by atoms with Crippen LogP contribution in [-0.4, -0.2) is 68.2 Å². The first kappa shape index (κ1) is 19.2. The molecule has 8 heteroatoms. The number of rotatable bonds is 6. The van der Waals surface area contributed by atoms with Gasteiger partial charge in [0.2, 0.25) is 5.91 Å². The molecule has 7 nitrogen and oxygen atoms in total. The van der Waals surface area contributed by atoms with Crippen LogP contribution in [0.2, 0.25) is 5.02 Å². The number of halogens is 1. The number of ether oxygens (including phenoxy) is 2. The highest BCUT2D eigenvalue weighted by Gasteiger charge is 2.24. The molecule has 0 aromatic heterocycles. The van der Waals surface area contributed by atoms with Gasteiger partial charge in [0.15, 0.2) is 0 Å². The van der Waals surface area contributed by atoms with E-state index in [1.54, 1.807) is 36.0 Å². The van der Waals surface area contributed by atoms with Gasteiger partial charge in [-0.05, 0) is 25.1 Å². The Kier molecular flexibility index (Phi) is 7.18. The summed E-state index contributed by atoms with van der Waals surface area (Å²) < 4.78 is 10.1. The van der Waals surface area contributed by atoms with Gasteiger partial charge in [-0.25, -0.2) is 4.79 Å². The van der Waals surface area contributed by atoms with Crippen LogP contribution in [0.5, 0.6) is 5.75 Å². The van der Waals surface area contributed by atoms with E-state index in [2.05, 4.69) is 5.32 Å². The van der Waals surface area contributed by atoms with Crippen molar-refractivity contribution < 1.29 is 19.1 Å². The third kappa shape index (κ3) is 5.42. The zero-order valence-corrected chi connectivity index (χ0v) is 15.3. The van der Waals surface area contributed by atoms with E-state index in [1.165, 1.54) is 0 Å². The molecular formula is C17H24ClN3O4. The minimum Gasteiger partial charge on any atom is -0.495 e. The highest BCUT2D eigenvalue weighted by Crippen LogP contribution is 2.27. The first-order valence-corrected chi connectivity index (χ1v) is 8.69. The van der Waals surface area contributed by atoms with Crippen molar-refractivity contribution in [2.75, 3.05) is 51.8 Å². The number of piperazine rings is 1. The normalized spacial score (nSPS) is 14.2. The van der Waals surface area contributed by atoms with Crippen LogP contribution >= 0.6 is 11.6 Å². The van der Waals surface area contributed by atoms with E-state index in [-0.39, 0.29) is 12.0 Å². The smallest absolute Gasteiger partial charge is 0.409 e. The lowest BCUT2D eigenvalue weighted by molar-refractivity contribution is -0.132. The molecule has 0 aliphatic carbocycles. The number of amides is 2. The maximum Gasteiger partial charge on any atom is 0.409 e. The second kappa shape index (κ2) is 9.36. The summed E-state index contributed by atoms with van der Waals surface area (Å²) in [5.74, 6) is 0.679. The topological polar surface area (TPSA) is 71.1 Å². The Morgan fingerprint density at radius 2 is 1.88 bits per heavy atom. The van der Waals surface area contributed by atoms with Crippen LogP contribution in [0.4, 0.5) is 10.5 Å². The summed E-state index contributed by atoms with van der Waals surface area (Å²) >= 11 is 6.07. The quantitative estimate of drug-likeness (QED) is 0.834. The summed E-state index contributed by atoms with van der Waals surface area (Å²) in [5, 5.41) is 3.70. The largest absolute Gasteiger partial charge is 0.495 e. The van der Waals surface area contributed by atoms with Gasteiger partial charge >= 0.3 is 6.09 Å². The molecule has 0 bridgehead atoms. The molecule has 1 aromatic carbocycles. The number of methoxy groups -OCH3 is 1. The van der Waals surface area contributed by atoms with Crippen LogP contribution in [0.1, 0.15) is 13.3 Å². The van der Waals surface area contributed by atoms with Crippen LogP contribution < -0.4 is 10.1 Å². The number of carbonyl (C=O) groups excluding carboxylic acids is 2. The number of hydrogen-bond donors (Lipinski definition) is 1. The third-order valence-electron chi connectivity index (χ3n) is 3.98. The van der Waals surface area contributed by atoms with E-state index < -0.39 is 0 Å². The fraction of sp³-hybridized carbons (Fsp3) is 0.529. The second-order valence-electron chi connectivity index (χ2n) is 5.59. The van der Waals surface area contributed by atoms with Gasteiger partial charge in [-0.3, -0.25) is 4.79 Å². The summed E-state index contributed by atoms with van der Waals surface area (Å²) in [5.41, 5.74) is 0.839. The van der Waals surface area contributed by atoms with E-state index in [9.17, 15) is 9.59 Å². The SMILES string of the molecule is CCOC(=O)N1CCN(C(=O)CCNc2ccc(OC)c(Cl)c2)CC1. The number of nitrogens with one attached hydrogen (secondary N) is 1. The molecule has 1 saturated heterocycles. The standard InChI is InChI=1S/C17H24ClN3O4/c1-3-25-17(23)21-10-8-20(9-11-21)16(22)6-7-19-13-4-5-15(24-2)14(18)12-13/h4-5,12,19H,3,6-11H2,1-2H3. The Labute approximate surface area is 152 Å². The molecule has 0 unspecified atom stereocenters. The number of nitrogens with zero attached hydrogens (tertiary/aromatic N) is 2. The average molecular weight is 370 g/mol.